The first-order chi connectivity index (χ1) is 10.6. The van der Waals surface area contributed by atoms with E-state index in [1.54, 1.807) is 4.90 Å². The van der Waals surface area contributed by atoms with E-state index in [1.165, 1.54) is 18.2 Å². The minimum Gasteiger partial charge on any atom is -0.508 e. The zero-order chi connectivity index (χ0) is 15.7. The van der Waals surface area contributed by atoms with Gasteiger partial charge in [0.1, 0.15) is 11.5 Å². The number of carbonyl (C=O) groups is 1. The Morgan fingerprint density at radius 3 is 2.68 bits per heavy atom. The van der Waals surface area contributed by atoms with Gasteiger partial charge in [0.05, 0.1) is 11.6 Å². The molecule has 2 N–H and O–H groups in total. The number of carbonyl (C=O) groups excluding carboxylic acids is 1. The van der Waals surface area contributed by atoms with Crippen molar-refractivity contribution >= 4 is 17.5 Å². The van der Waals surface area contributed by atoms with Crippen LogP contribution in [0.15, 0.2) is 42.5 Å². The normalized spacial score (nSPS) is 17.7. The zero-order valence-electron chi connectivity index (χ0n) is 11.9. The second-order valence-corrected chi connectivity index (χ2v) is 5.79. The van der Waals surface area contributed by atoms with E-state index in [9.17, 15) is 15.0 Å². The second kappa shape index (κ2) is 5.89. The van der Waals surface area contributed by atoms with E-state index in [2.05, 4.69) is 0 Å². The highest BCUT2D eigenvalue weighted by molar-refractivity contribution is 6.31. The molecule has 5 heteroatoms. The topological polar surface area (TPSA) is 60.8 Å². The molecule has 1 atom stereocenters. The van der Waals surface area contributed by atoms with Crippen LogP contribution in [0.3, 0.4) is 0 Å². The van der Waals surface area contributed by atoms with Gasteiger partial charge in [0.25, 0.3) is 5.91 Å². The smallest absolute Gasteiger partial charge is 0.258 e. The van der Waals surface area contributed by atoms with Crippen molar-refractivity contribution in [1.82, 2.24) is 4.90 Å². The molecule has 1 fully saturated rings. The van der Waals surface area contributed by atoms with Gasteiger partial charge in [-0.3, -0.25) is 4.79 Å². The van der Waals surface area contributed by atoms with Crippen LogP contribution in [-0.2, 0) is 0 Å². The number of hydrogen-bond acceptors (Lipinski definition) is 3. The largest absolute Gasteiger partial charge is 0.508 e. The van der Waals surface area contributed by atoms with Crippen molar-refractivity contribution in [3.63, 3.8) is 0 Å². The van der Waals surface area contributed by atoms with E-state index < -0.39 is 0 Å². The predicted octanol–water partition coefficient (Wildman–Crippen LogP) is 3.73. The Kier molecular flexibility index (Phi) is 3.94. The molecule has 0 radical (unpaired) electrons. The molecule has 114 valence electrons. The predicted molar refractivity (Wildman–Crippen MR) is 84.2 cm³/mol. The van der Waals surface area contributed by atoms with E-state index in [0.717, 1.165) is 18.4 Å². The summed E-state index contributed by atoms with van der Waals surface area (Å²) in [4.78, 5) is 14.4. The van der Waals surface area contributed by atoms with Crippen molar-refractivity contribution in [2.45, 2.75) is 18.9 Å². The third-order valence-electron chi connectivity index (χ3n) is 3.99. The monoisotopic (exact) mass is 317 g/mol. The Hall–Kier alpha value is -2.20. The van der Waals surface area contributed by atoms with Gasteiger partial charge >= 0.3 is 0 Å². The molecule has 0 aromatic heterocycles. The van der Waals surface area contributed by atoms with Crippen LogP contribution in [0.1, 0.15) is 34.8 Å². The van der Waals surface area contributed by atoms with Gasteiger partial charge in [-0.05, 0) is 36.6 Å². The SMILES string of the molecule is O=C(c1ccc(O)cc1O)N1CCCC1c1ccccc1Cl. The fourth-order valence-electron chi connectivity index (χ4n) is 2.93. The Bertz CT molecular complexity index is 717. The van der Waals surface area contributed by atoms with Crippen molar-refractivity contribution in [3.8, 4) is 11.5 Å². The average Bonchev–Trinajstić information content (AvgIpc) is 2.96. The molecule has 0 spiro atoms. The number of rotatable bonds is 2. The first-order valence-electron chi connectivity index (χ1n) is 7.15. The maximum absolute atomic E-state index is 12.7. The number of benzene rings is 2. The van der Waals surface area contributed by atoms with Gasteiger partial charge in [0.15, 0.2) is 0 Å². The summed E-state index contributed by atoms with van der Waals surface area (Å²) in [6.07, 6.45) is 1.73. The van der Waals surface area contributed by atoms with E-state index in [-0.39, 0.29) is 29.0 Å². The van der Waals surface area contributed by atoms with Gasteiger partial charge in [-0.25, -0.2) is 0 Å². The minimum atomic E-state index is -0.250. The summed E-state index contributed by atoms with van der Waals surface area (Å²) in [6.45, 7) is 0.620. The summed E-state index contributed by atoms with van der Waals surface area (Å²) in [5.41, 5.74) is 1.12. The molecule has 22 heavy (non-hydrogen) atoms. The number of hydrogen-bond donors (Lipinski definition) is 2. The number of amides is 1. The van der Waals surface area contributed by atoms with Crippen LogP contribution in [-0.4, -0.2) is 27.6 Å². The van der Waals surface area contributed by atoms with Crippen LogP contribution in [0.4, 0.5) is 0 Å². The Morgan fingerprint density at radius 2 is 1.95 bits per heavy atom. The zero-order valence-corrected chi connectivity index (χ0v) is 12.6. The molecule has 0 bridgehead atoms. The number of phenolic OH excluding ortho intramolecular Hbond substituents is 2. The second-order valence-electron chi connectivity index (χ2n) is 5.38. The minimum absolute atomic E-state index is 0.0712. The van der Waals surface area contributed by atoms with Crippen LogP contribution < -0.4 is 0 Å². The molecule has 1 aliphatic rings. The summed E-state index contributed by atoms with van der Waals surface area (Å²) in [7, 11) is 0. The van der Waals surface area contributed by atoms with E-state index in [1.807, 2.05) is 24.3 Å². The van der Waals surface area contributed by atoms with Gasteiger partial charge in [-0.2, -0.15) is 0 Å². The maximum Gasteiger partial charge on any atom is 0.258 e. The van der Waals surface area contributed by atoms with Gasteiger partial charge in [-0.15, -0.1) is 0 Å². The molecule has 1 amide bonds. The Balaban J connectivity index is 1.93. The quantitative estimate of drug-likeness (QED) is 0.887. The van der Waals surface area contributed by atoms with Gasteiger partial charge in [0, 0.05) is 17.6 Å². The standard InChI is InChI=1S/C17H16ClNO3/c18-14-5-2-1-4-12(14)15-6-3-9-19(15)17(22)13-8-7-11(20)10-16(13)21/h1-2,4-5,7-8,10,15,20-21H,3,6,9H2. The lowest BCUT2D eigenvalue weighted by atomic mass is 10.0. The lowest BCUT2D eigenvalue weighted by Crippen LogP contribution is -2.30. The van der Waals surface area contributed by atoms with Gasteiger partial charge in [0.2, 0.25) is 0 Å². The van der Waals surface area contributed by atoms with Gasteiger partial charge in [-0.1, -0.05) is 29.8 Å². The molecule has 1 aliphatic heterocycles. The van der Waals surface area contributed by atoms with E-state index >= 15 is 0 Å². The number of halogens is 1. The fourth-order valence-corrected chi connectivity index (χ4v) is 3.20. The molecule has 1 saturated heterocycles. The average molecular weight is 318 g/mol. The number of phenols is 2. The lowest BCUT2D eigenvalue weighted by Gasteiger charge is -2.26. The summed E-state index contributed by atoms with van der Waals surface area (Å²) in [5.74, 6) is -0.534. The highest BCUT2D eigenvalue weighted by Gasteiger charge is 2.32. The molecule has 3 rings (SSSR count). The van der Waals surface area contributed by atoms with Crippen molar-refractivity contribution in [2.75, 3.05) is 6.54 Å². The molecular weight excluding hydrogens is 302 g/mol. The van der Waals surface area contributed by atoms with E-state index in [0.29, 0.717) is 11.6 Å². The lowest BCUT2D eigenvalue weighted by molar-refractivity contribution is 0.0732. The number of nitrogens with zero attached hydrogens (tertiary/aromatic N) is 1. The summed E-state index contributed by atoms with van der Waals surface area (Å²) in [5, 5.41) is 19.9. The van der Waals surface area contributed by atoms with Crippen LogP contribution >= 0.6 is 11.6 Å². The molecule has 2 aromatic rings. The Morgan fingerprint density at radius 1 is 1.18 bits per heavy atom. The Labute approximate surface area is 133 Å². The summed E-state index contributed by atoms with van der Waals surface area (Å²) >= 11 is 6.25. The van der Waals surface area contributed by atoms with Crippen molar-refractivity contribution in [3.05, 3.63) is 58.6 Å². The third-order valence-corrected chi connectivity index (χ3v) is 4.33. The fraction of sp³-hybridized carbons (Fsp3) is 0.235. The molecule has 1 heterocycles. The molecule has 0 saturated carbocycles. The van der Waals surface area contributed by atoms with Crippen LogP contribution in [0.25, 0.3) is 0 Å². The molecule has 4 nitrogen and oxygen atoms in total. The van der Waals surface area contributed by atoms with Crippen LogP contribution in [0, 0.1) is 0 Å². The molecular formula is C17H16ClNO3. The van der Waals surface area contributed by atoms with Crippen molar-refractivity contribution in [1.29, 1.82) is 0 Å². The van der Waals surface area contributed by atoms with Crippen molar-refractivity contribution < 1.29 is 15.0 Å². The summed E-state index contributed by atoms with van der Waals surface area (Å²) < 4.78 is 0. The molecule has 1 unspecified atom stereocenters. The highest BCUT2D eigenvalue weighted by atomic mass is 35.5. The van der Waals surface area contributed by atoms with Crippen LogP contribution in [0.2, 0.25) is 5.02 Å². The number of likely N-dealkylation sites (tertiary alicyclic amines) is 1. The number of aromatic hydroxyl groups is 2. The third kappa shape index (κ3) is 2.62. The van der Waals surface area contributed by atoms with E-state index in [4.69, 9.17) is 11.6 Å². The van der Waals surface area contributed by atoms with Crippen molar-refractivity contribution in [2.24, 2.45) is 0 Å². The highest BCUT2D eigenvalue weighted by Crippen LogP contribution is 2.37. The van der Waals surface area contributed by atoms with Gasteiger partial charge < -0.3 is 15.1 Å². The molecule has 2 aromatic carbocycles. The maximum atomic E-state index is 12.7. The first-order valence-corrected chi connectivity index (χ1v) is 7.53. The summed E-state index contributed by atoms with van der Waals surface area (Å²) in [6, 6.07) is 11.4. The first kappa shape index (κ1) is 14.7. The molecule has 0 aliphatic carbocycles. The van der Waals surface area contributed by atoms with Crippen LogP contribution in [0.5, 0.6) is 11.5 Å².